The number of rotatable bonds is 5. The van der Waals surface area contributed by atoms with Gasteiger partial charge in [-0.2, -0.15) is 4.73 Å². The Balaban J connectivity index is 2.67. The number of hydrogen-bond acceptors (Lipinski definition) is 3. The third kappa shape index (κ3) is 3.73. The fraction of sp³-hybridized carbons (Fsp3) is 0.538. The molecule has 0 fully saturated rings. The van der Waals surface area contributed by atoms with Crippen LogP contribution in [-0.4, -0.2) is 13.1 Å². The first-order valence-corrected chi connectivity index (χ1v) is 5.85. The van der Waals surface area contributed by atoms with Crippen LogP contribution >= 0.6 is 0 Å². The van der Waals surface area contributed by atoms with Crippen LogP contribution in [0, 0.1) is 11.1 Å². The number of pyridine rings is 1. The molecule has 4 heteroatoms. The van der Waals surface area contributed by atoms with Gasteiger partial charge in [-0.3, -0.25) is 4.79 Å². The number of ether oxygens (including phenoxy) is 1. The number of carbonyl (C=O) groups excluding carboxylic acids is 1. The molecule has 1 heterocycles. The van der Waals surface area contributed by atoms with Crippen LogP contribution in [0.15, 0.2) is 24.5 Å². The molecule has 0 bridgehead atoms. The molecule has 2 unspecified atom stereocenters. The van der Waals surface area contributed by atoms with Crippen molar-refractivity contribution in [1.29, 1.82) is 0 Å². The minimum atomic E-state index is -0.158. The topological polar surface area (TPSA) is 53.2 Å². The molecule has 0 saturated carbocycles. The van der Waals surface area contributed by atoms with Crippen molar-refractivity contribution < 1.29 is 14.3 Å². The lowest BCUT2D eigenvalue weighted by atomic mass is 9.89. The largest absolute Gasteiger partial charge is 0.619 e. The van der Waals surface area contributed by atoms with Crippen molar-refractivity contribution >= 4 is 5.97 Å². The van der Waals surface area contributed by atoms with Crippen molar-refractivity contribution in [3.05, 3.63) is 35.3 Å². The number of esters is 1. The predicted octanol–water partition coefficient (Wildman–Crippen LogP) is 2.01. The molecule has 0 aliphatic rings. The molecule has 0 aromatic carbocycles. The molecule has 0 aliphatic heterocycles. The fourth-order valence-corrected chi connectivity index (χ4v) is 1.91. The zero-order valence-electron chi connectivity index (χ0n) is 10.6. The molecule has 17 heavy (non-hydrogen) atoms. The van der Waals surface area contributed by atoms with E-state index < -0.39 is 0 Å². The Hall–Kier alpha value is -1.58. The Kier molecular flexibility index (Phi) is 4.94. The van der Waals surface area contributed by atoms with Gasteiger partial charge in [0.15, 0.2) is 12.4 Å². The van der Waals surface area contributed by atoms with Gasteiger partial charge in [0.25, 0.3) is 0 Å². The molecule has 0 aliphatic carbocycles. The first-order chi connectivity index (χ1) is 8.08. The lowest BCUT2D eigenvalue weighted by molar-refractivity contribution is -0.605. The average Bonchev–Trinajstić information content (AvgIpc) is 2.35. The van der Waals surface area contributed by atoms with Crippen LogP contribution in [0.2, 0.25) is 0 Å². The van der Waals surface area contributed by atoms with Gasteiger partial charge in [-0.15, -0.1) is 0 Å². The van der Waals surface area contributed by atoms with Crippen molar-refractivity contribution in [2.45, 2.75) is 32.6 Å². The molecule has 0 N–H and O–H groups in total. The molecule has 1 rings (SSSR count). The van der Waals surface area contributed by atoms with Crippen molar-refractivity contribution in [2.75, 3.05) is 7.11 Å². The highest BCUT2D eigenvalue weighted by atomic mass is 16.5. The van der Waals surface area contributed by atoms with E-state index in [4.69, 9.17) is 4.74 Å². The van der Waals surface area contributed by atoms with E-state index in [-0.39, 0.29) is 17.8 Å². The zero-order chi connectivity index (χ0) is 12.8. The average molecular weight is 237 g/mol. The molecule has 0 saturated heterocycles. The van der Waals surface area contributed by atoms with Crippen molar-refractivity contribution in [3.8, 4) is 0 Å². The van der Waals surface area contributed by atoms with Crippen LogP contribution in [0.3, 0.4) is 0 Å². The smallest absolute Gasteiger partial charge is 0.308 e. The summed E-state index contributed by atoms with van der Waals surface area (Å²) >= 11 is 0. The van der Waals surface area contributed by atoms with Gasteiger partial charge in [-0.05, 0) is 24.3 Å². The lowest BCUT2D eigenvalue weighted by Gasteiger charge is -2.17. The molecular formula is C13H19NO3. The molecule has 1 aromatic heterocycles. The Morgan fingerprint density at radius 2 is 2.06 bits per heavy atom. The zero-order valence-corrected chi connectivity index (χ0v) is 10.6. The standard InChI is InChI=1S/C13H19NO3/c1-4-11(13(15)17-3)9-10(2)12-5-7-14(16)8-6-12/h5-8,10-11H,4,9H2,1-3H3. The summed E-state index contributed by atoms with van der Waals surface area (Å²) < 4.78 is 5.52. The summed E-state index contributed by atoms with van der Waals surface area (Å²) in [5.41, 5.74) is 1.07. The molecule has 0 radical (unpaired) electrons. The van der Waals surface area contributed by atoms with Gasteiger partial charge in [0.05, 0.1) is 13.0 Å². The number of methoxy groups -OCH3 is 1. The van der Waals surface area contributed by atoms with E-state index in [0.717, 1.165) is 23.1 Å². The van der Waals surface area contributed by atoms with E-state index in [2.05, 4.69) is 6.92 Å². The van der Waals surface area contributed by atoms with Crippen LogP contribution < -0.4 is 4.73 Å². The molecule has 0 amide bonds. The summed E-state index contributed by atoms with van der Waals surface area (Å²) in [6, 6.07) is 3.59. The third-order valence-corrected chi connectivity index (χ3v) is 3.06. The van der Waals surface area contributed by atoms with Crippen molar-refractivity contribution in [3.63, 3.8) is 0 Å². The van der Waals surface area contributed by atoms with Crippen molar-refractivity contribution in [2.24, 2.45) is 5.92 Å². The normalized spacial score (nSPS) is 14.1. The monoisotopic (exact) mass is 237 g/mol. The van der Waals surface area contributed by atoms with Gasteiger partial charge in [0, 0.05) is 12.1 Å². The summed E-state index contributed by atoms with van der Waals surface area (Å²) in [5.74, 6) is 0.00370. The summed E-state index contributed by atoms with van der Waals surface area (Å²) in [7, 11) is 1.42. The first-order valence-electron chi connectivity index (χ1n) is 5.85. The Labute approximate surface area is 102 Å². The van der Waals surface area contributed by atoms with Crippen LogP contribution in [0.4, 0.5) is 0 Å². The summed E-state index contributed by atoms with van der Waals surface area (Å²) in [5, 5.41) is 10.9. The van der Waals surface area contributed by atoms with Gasteiger partial charge < -0.3 is 9.94 Å². The van der Waals surface area contributed by atoms with Gasteiger partial charge >= 0.3 is 5.97 Å². The van der Waals surface area contributed by atoms with E-state index in [1.165, 1.54) is 19.5 Å². The van der Waals surface area contributed by atoms with Crippen LogP contribution in [0.1, 0.15) is 38.2 Å². The second-order valence-corrected chi connectivity index (χ2v) is 4.26. The van der Waals surface area contributed by atoms with Crippen LogP contribution in [-0.2, 0) is 9.53 Å². The van der Waals surface area contributed by atoms with E-state index in [1.807, 2.05) is 6.92 Å². The predicted molar refractivity (Wildman–Crippen MR) is 64.2 cm³/mol. The SMILES string of the molecule is CCC(CC(C)c1cc[n+]([O-])cc1)C(=O)OC. The minimum absolute atomic E-state index is 0.0745. The molecule has 2 atom stereocenters. The van der Waals surface area contributed by atoms with E-state index in [1.54, 1.807) is 12.1 Å². The highest BCUT2D eigenvalue weighted by molar-refractivity contribution is 5.72. The Bertz CT molecular complexity index is 361. The number of carbonyl (C=O) groups is 1. The lowest BCUT2D eigenvalue weighted by Crippen LogP contribution is -2.24. The third-order valence-electron chi connectivity index (χ3n) is 3.06. The maximum atomic E-state index is 11.5. The van der Waals surface area contributed by atoms with Gasteiger partial charge in [-0.25, -0.2) is 0 Å². The quantitative estimate of drug-likeness (QED) is 0.447. The maximum Gasteiger partial charge on any atom is 0.308 e. The van der Waals surface area contributed by atoms with E-state index >= 15 is 0 Å². The van der Waals surface area contributed by atoms with Gasteiger partial charge in [0.1, 0.15) is 0 Å². The van der Waals surface area contributed by atoms with Crippen molar-refractivity contribution in [1.82, 2.24) is 0 Å². The number of nitrogens with zero attached hydrogens (tertiary/aromatic N) is 1. The summed E-state index contributed by atoms with van der Waals surface area (Å²) in [4.78, 5) is 11.5. The second-order valence-electron chi connectivity index (χ2n) is 4.26. The summed E-state index contributed by atoms with van der Waals surface area (Å²) in [6.45, 7) is 4.03. The highest BCUT2D eigenvalue weighted by Gasteiger charge is 2.20. The Morgan fingerprint density at radius 3 is 2.53 bits per heavy atom. The minimum Gasteiger partial charge on any atom is -0.619 e. The van der Waals surface area contributed by atoms with Crippen LogP contribution in [0.25, 0.3) is 0 Å². The molecule has 94 valence electrons. The molecule has 4 nitrogen and oxygen atoms in total. The highest BCUT2D eigenvalue weighted by Crippen LogP contribution is 2.25. The fourth-order valence-electron chi connectivity index (χ4n) is 1.91. The molecular weight excluding hydrogens is 218 g/mol. The van der Waals surface area contributed by atoms with Gasteiger partial charge in [-0.1, -0.05) is 13.8 Å². The molecule has 1 aromatic rings. The van der Waals surface area contributed by atoms with E-state index in [0.29, 0.717) is 0 Å². The van der Waals surface area contributed by atoms with E-state index in [9.17, 15) is 10.0 Å². The van der Waals surface area contributed by atoms with Gasteiger partial charge in [0.2, 0.25) is 0 Å². The second kappa shape index (κ2) is 6.23. The first kappa shape index (κ1) is 13.5. The maximum absolute atomic E-state index is 11.5. The number of aromatic nitrogens is 1. The molecule has 0 spiro atoms. The number of hydrogen-bond donors (Lipinski definition) is 0. The summed E-state index contributed by atoms with van der Waals surface area (Å²) in [6.07, 6.45) is 4.47. The Morgan fingerprint density at radius 1 is 1.47 bits per heavy atom. The van der Waals surface area contributed by atoms with Crippen LogP contribution in [0.5, 0.6) is 0 Å².